The van der Waals surface area contributed by atoms with Gasteiger partial charge in [0.15, 0.2) is 0 Å². The van der Waals surface area contributed by atoms with Crippen molar-refractivity contribution < 1.29 is 0 Å². The number of nitrogens with zero attached hydrogens (tertiary/aromatic N) is 2. The monoisotopic (exact) mass is 269 g/mol. The van der Waals surface area contributed by atoms with Crippen LogP contribution >= 0.6 is 22.9 Å². The second kappa shape index (κ2) is 5.21. The van der Waals surface area contributed by atoms with E-state index in [9.17, 15) is 0 Å². The van der Waals surface area contributed by atoms with E-state index in [0.717, 1.165) is 16.5 Å². The zero-order chi connectivity index (χ0) is 12.4. The average molecular weight is 270 g/mol. The van der Waals surface area contributed by atoms with Crippen molar-refractivity contribution in [1.29, 1.82) is 0 Å². The number of halogens is 1. The Kier molecular flexibility index (Phi) is 3.86. The highest BCUT2D eigenvalue weighted by atomic mass is 35.5. The largest absolute Gasteiger partial charge is 0.312 e. The van der Waals surface area contributed by atoms with Gasteiger partial charge in [-0.25, -0.2) is 0 Å². The van der Waals surface area contributed by atoms with Gasteiger partial charge in [0.1, 0.15) is 0 Å². The maximum absolute atomic E-state index is 5.97. The van der Waals surface area contributed by atoms with Crippen LogP contribution in [-0.4, -0.2) is 16.8 Å². The maximum Gasteiger partial charge on any atom is 0.0931 e. The Labute approximate surface area is 110 Å². The van der Waals surface area contributed by atoms with Gasteiger partial charge in [0, 0.05) is 30.1 Å². The molecule has 2 heterocycles. The summed E-state index contributed by atoms with van der Waals surface area (Å²) in [7, 11) is 3.96. The fourth-order valence-corrected chi connectivity index (χ4v) is 3.10. The van der Waals surface area contributed by atoms with Crippen LogP contribution < -0.4 is 5.32 Å². The van der Waals surface area contributed by atoms with Crippen molar-refractivity contribution in [3.05, 3.63) is 38.8 Å². The second-order valence-corrected chi connectivity index (χ2v) is 5.83. The van der Waals surface area contributed by atoms with Gasteiger partial charge in [-0.2, -0.15) is 5.10 Å². The number of aromatic nitrogens is 2. The molecule has 0 saturated heterocycles. The van der Waals surface area contributed by atoms with Gasteiger partial charge in [-0.1, -0.05) is 11.6 Å². The Bertz CT molecular complexity index is 504. The number of rotatable bonds is 4. The Balaban J connectivity index is 2.18. The Morgan fingerprint density at radius 1 is 1.53 bits per heavy atom. The first-order valence-corrected chi connectivity index (χ1v) is 6.71. The molecule has 0 radical (unpaired) electrons. The van der Waals surface area contributed by atoms with Gasteiger partial charge in [0.05, 0.1) is 10.0 Å². The first-order valence-electron chi connectivity index (χ1n) is 5.52. The van der Waals surface area contributed by atoms with Gasteiger partial charge in [0.2, 0.25) is 0 Å². The molecule has 17 heavy (non-hydrogen) atoms. The van der Waals surface area contributed by atoms with Crippen molar-refractivity contribution in [1.82, 2.24) is 15.1 Å². The molecule has 92 valence electrons. The number of thiophene rings is 1. The van der Waals surface area contributed by atoms with Crippen LogP contribution in [0.4, 0.5) is 0 Å². The minimum atomic E-state index is 0.294. The zero-order valence-corrected chi connectivity index (χ0v) is 11.8. The molecule has 0 bridgehead atoms. The molecule has 5 heteroatoms. The van der Waals surface area contributed by atoms with Crippen molar-refractivity contribution in [3.63, 3.8) is 0 Å². The van der Waals surface area contributed by atoms with E-state index in [1.807, 2.05) is 31.8 Å². The Morgan fingerprint density at radius 2 is 2.29 bits per heavy atom. The van der Waals surface area contributed by atoms with Crippen LogP contribution in [0.15, 0.2) is 18.2 Å². The normalized spacial score (nSPS) is 12.9. The van der Waals surface area contributed by atoms with Gasteiger partial charge in [-0.15, -0.1) is 11.3 Å². The molecule has 0 aliphatic rings. The van der Waals surface area contributed by atoms with Crippen molar-refractivity contribution in [2.45, 2.75) is 19.4 Å². The number of likely N-dealkylation sites (N-methyl/N-ethyl adjacent to an activating group) is 1. The summed E-state index contributed by atoms with van der Waals surface area (Å²) in [6.07, 6.45) is 0.921. The molecule has 1 unspecified atom stereocenters. The number of hydrogen-bond donors (Lipinski definition) is 1. The topological polar surface area (TPSA) is 29.9 Å². The molecule has 2 aromatic heterocycles. The van der Waals surface area contributed by atoms with E-state index < -0.39 is 0 Å². The lowest BCUT2D eigenvalue weighted by atomic mass is 10.1. The predicted molar refractivity (Wildman–Crippen MR) is 72.8 cm³/mol. The number of hydrogen-bond acceptors (Lipinski definition) is 3. The molecule has 0 spiro atoms. The fourth-order valence-electron chi connectivity index (χ4n) is 1.92. The molecule has 1 N–H and O–H groups in total. The lowest BCUT2D eigenvalue weighted by Gasteiger charge is -2.14. The molecule has 2 aromatic rings. The summed E-state index contributed by atoms with van der Waals surface area (Å²) >= 11 is 7.60. The second-order valence-electron chi connectivity index (χ2n) is 4.09. The van der Waals surface area contributed by atoms with Crippen LogP contribution in [0.25, 0.3) is 0 Å². The molecule has 3 nitrogen and oxygen atoms in total. The lowest BCUT2D eigenvalue weighted by Crippen LogP contribution is -2.19. The van der Waals surface area contributed by atoms with Crippen LogP contribution in [0, 0.1) is 6.92 Å². The van der Waals surface area contributed by atoms with Crippen LogP contribution in [0.1, 0.15) is 22.3 Å². The quantitative estimate of drug-likeness (QED) is 0.925. The summed E-state index contributed by atoms with van der Waals surface area (Å²) in [6, 6.07) is 6.44. The molecule has 0 aliphatic heterocycles. The molecule has 0 aromatic carbocycles. The smallest absolute Gasteiger partial charge is 0.0931 e. The maximum atomic E-state index is 5.97. The van der Waals surface area contributed by atoms with Gasteiger partial charge >= 0.3 is 0 Å². The molecule has 1 atom stereocenters. The summed E-state index contributed by atoms with van der Waals surface area (Å²) in [5.74, 6) is 0. The van der Waals surface area contributed by atoms with Crippen LogP contribution in [0.5, 0.6) is 0 Å². The summed E-state index contributed by atoms with van der Waals surface area (Å²) in [4.78, 5) is 1.26. The van der Waals surface area contributed by atoms with Crippen LogP contribution in [-0.2, 0) is 13.5 Å². The van der Waals surface area contributed by atoms with Crippen molar-refractivity contribution in [3.8, 4) is 0 Å². The number of aryl methyl sites for hydroxylation is 2. The van der Waals surface area contributed by atoms with Gasteiger partial charge in [0.25, 0.3) is 0 Å². The SMILES string of the molecule is CNC(Cc1cc(C)nn1C)c1ccc(Cl)s1. The standard InChI is InChI=1S/C12H16ClN3S/c1-8-6-9(16(3)15-8)7-10(14-2)11-4-5-12(13)17-11/h4-6,10,14H,7H2,1-3H3. The first-order chi connectivity index (χ1) is 8.10. The third kappa shape index (κ3) is 2.89. The molecule has 0 amide bonds. The highest BCUT2D eigenvalue weighted by molar-refractivity contribution is 7.16. The fraction of sp³-hybridized carbons (Fsp3) is 0.417. The minimum absolute atomic E-state index is 0.294. The molecular weight excluding hydrogens is 254 g/mol. The van der Waals surface area contributed by atoms with E-state index in [1.54, 1.807) is 11.3 Å². The van der Waals surface area contributed by atoms with Crippen molar-refractivity contribution in [2.75, 3.05) is 7.05 Å². The minimum Gasteiger partial charge on any atom is -0.312 e. The average Bonchev–Trinajstić information content (AvgIpc) is 2.82. The summed E-state index contributed by atoms with van der Waals surface area (Å²) in [5.41, 5.74) is 2.29. The van der Waals surface area contributed by atoms with E-state index in [0.29, 0.717) is 6.04 Å². The Hall–Kier alpha value is -0.840. The summed E-state index contributed by atoms with van der Waals surface area (Å²) in [6.45, 7) is 2.01. The summed E-state index contributed by atoms with van der Waals surface area (Å²) < 4.78 is 2.77. The number of nitrogens with one attached hydrogen (secondary N) is 1. The third-order valence-corrected chi connectivity index (χ3v) is 4.14. The van der Waals surface area contributed by atoms with E-state index in [1.165, 1.54) is 10.6 Å². The van der Waals surface area contributed by atoms with Crippen LogP contribution in [0.2, 0.25) is 4.34 Å². The third-order valence-electron chi connectivity index (χ3n) is 2.80. The van der Waals surface area contributed by atoms with Gasteiger partial charge < -0.3 is 5.32 Å². The molecular formula is C12H16ClN3S. The molecule has 0 fully saturated rings. The van der Waals surface area contributed by atoms with Crippen molar-refractivity contribution >= 4 is 22.9 Å². The highest BCUT2D eigenvalue weighted by Gasteiger charge is 2.14. The molecule has 0 aliphatic carbocycles. The van der Waals surface area contributed by atoms with Gasteiger partial charge in [-0.05, 0) is 32.2 Å². The van der Waals surface area contributed by atoms with Gasteiger partial charge in [-0.3, -0.25) is 4.68 Å². The van der Waals surface area contributed by atoms with E-state index in [4.69, 9.17) is 11.6 Å². The van der Waals surface area contributed by atoms with E-state index >= 15 is 0 Å². The van der Waals surface area contributed by atoms with Crippen LogP contribution in [0.3, 0.4) is 0 Å². The lowest BCUT2D eigenvalue weighted by molar-refractivity contribution is 0.569. The summed E-state index contributed by atoms with van der Waals surface area (Å²) in [5, 5.41) is 7.69. The zero-order valence-electron chi connectivity index (χ0n) is 10.2. The van der Waals surface area contributed by atoms with E-state index in [2.05, 4.69) is 22.5 Å². The highest BCUT2D eigenvalue weighted by Crippen LogP contribution is 2.28. The first kappa shape index (κ1) is 12.6. The predicted octanol–water partition coefficient (Wildman–Crippen LogP) is 2.95. The molecule has 0 saturated carbocycles. The van der Waals surface area contributed by atoms with E-state index in [-0.39, 0.29) is 0 Å². The molecule has 2 rings (SSSR count). The Morgan fingerprint density at radius 3 is 2.76 bits per heavy atom. The van der Waals surface area contributed by atoms with Crippen molar-refractivity contribution in [2.24, 2.45) is 7.05 Å².